The summed E-state index contributed by atoms with van der Waals surface area (Å²) >= 11 is -5.29. The highest BCUT2D eigenvalue weighted by Crippen LogP contribution is 1.79. The zero-order valence-corrected chi connectivity index (χ0v) is 6.69. The molecule has 0 aliphatic carbocycles. The maximum atomic E-state index is 9.35. The summed E-state index contributed by atoms with van der Waals surface area (Å²) in [7, 11) is 0. The van der Waals surface area contributed by atoms with Crippen molar-refractivity contribution in [3.05, 3.63) is 0 Å². The predicted molar refractivity (Wildman–Crippen MR) is 37.7 cm³/mol. The van der Waals surface area contributed by atoms with Crippen molar-refractivity contribution >= 4 is 22.7 Å². The minimum absolute atomic E-state index is 0. The van der Waals surface area contributed by atoms with Gasteiger partial charge in [0.2, 0.25) is 0 Å². The molecule has 0 aromatic heterocycles. The molecule has 0 fully saturated rings. The van der Waals surface area contributed by atoms with Crippen molar-refractivity contribution in [2.75, 3.05) is 0 Å². The van der Waals surface area contributed by atoms with Crippen molar-refractivity contribution in [1.29, 1.82) is 0 Å². The van der Waals surface area contributed by atoms with E-state index in [4.69, 9.17) is 9.11 Å². The van der Waals surface area contributed by atoms with E-state index in [-0.39, 0.29) is 18.5 Å². The summed E-state index contributed by atoms with van der Waals surface area (Å²) in [6.07, 6.45) is 0. The average Bonchev–Trinajstić information content (AvgIpc) is 1.27. The van der Waals surface area contributed by atoms with Gasteiger partial charge in [-0.05, 0) is 0 Å². The van der Waals surface area contributed by atoms with Crippen LogP contribution in [0.2, 0.25) is 0 Å². The first-order valence-corrected chi connectivity index (χ1v) is 3.10. The van der Waals surface area contributed by atoms with Crippen LogP contribution in [0.25, 0.3) is 0 Å². The van der Waals surface area contributed by atoms with E-state index in [1.54, 1.807) is 0 Å². The molecule has 0 rings (SSSR count). The standard InChI is InChI=1S/3H3N.H2O5S2/c;;;1-6(2)5-7(3)4/h3*1H3;(H,1,2)(H,3,4). The Morgan fingerprint density at radius 3 is 1.10 bits per heavy atom. The molecule has 11 N–H and O–H groups in total. The molecule has 10 heteroatoms. The molecule has 0 unspecified atom stereocenters. The Morgan fingerprint density at radius 2 is 1.10 bits per heavy atom. The molecule has 10 heavy (non-hydrogen) atoms. The molecule has 0 aliphatic rings. The summed E-state index contributed by atoms with van der Waals surface area (Å²) in [6.45, 7) is 0. The van der Waals surface area contributed by atoms with Gasteiger partial charge in [0.25, 0.3) is 0 Å². The smallest absolute Gasteiger partial charge is 0.317 e. The van der Waals surface area contributed by atoms with Crippen LogP contribution in [0.3, 0.4) is 0 Å². The maximum absolute atomic E-state index is 9.35. The van der Waals surface area contributed by atoms with Gasteiger partial charge in [0, 0.05) is 0 Å². The van der Waals surface area contributed by atoms with Gasteiger partial charge in [0.05, 0.1) is 0 Å². The zero-order valence-electron chi connectivity index (χ0n) is 5.06. The number of hydrogen-bond acceptors (Lipinski definition) is 6. The Kier molecular flexibility index (Phi) is 26.6. The molecular weight excluding hydrogens is 186 g/mol. The van der Waals surface area contributed by atoms with Crippen LogP contribution >= 0.6 is 0 Å². The average molecular weight is 197 g/mol. The van der Waals surface area contributed by atoms with Gasteiger partial charge in [-0.25, -0.2) is 0 Å². The van der Waals surface area contributed by atoms with Crippen LogP contribution in [0.1, 0.15) is 0 Å². The second-order valence-electron chi connectivity index (χ2n) is 0.502. The topological polar surface area (TPSA) is 189 Å². The van der Waals surface area contributed by atoms with Gasteiger partial charge in [-0.15, -0.1) is 3.63 Å². The van der Waals surface area contributed by atoms with E-state index < -0.39 is 22.7 Å². The molecule has 0 amide bonds. The molecule has 0 spiro atoms. The number of hydrogen-bond donors (Lipinski definition) is 5. The van der Waals surface area contributed by atoms with E-state index in [2.05, 4.69) is 3.63 Å². The fourth-order valence-electron chi connectivity index (χ4n) is 0.0498. The Bertz CT molecular complexity index is 91.1. The summed E-state index contributed by atoms with van der Waals surface area (Å²) in [4.78, 5) is 0. The summed E-state index contributed by atoms with van der Waals surface area (Å²) < 4.78 is 37.2. The second-order valence-corrected chi connectivity index (χ2v) is 1.92. The molecule has 0 saturated carbocycles. The molecule has 0 saturated heterocycles. The van der Waals surface area contributed by atoms with Crippen molar-refractivity contribution in [1.82, 2.24) is 18.5 Å². The highest BCUT2D eigenvalue weighted by atomic mass is 32.3. The second kappa shape index (κ2) is 11.8. The van der Waals surface area contributed by atoms with Crippen molar-refractivity contribution in [3.8, 4) is 0 Å². The van der Waals surface area contributed by atoms with E-state index >= 15 is 0 Å². The Hall–Kier alpha value is 0.0600. The van der Waals surface area contributed by atoms with Crippen molar-refractivity contribution < 1.29 is 21.2 Å². The Balaban J connectivity index is -0.0000000600. The summed E-state index contributed by atoms with van der Waals surface area (Å²) in [6, 6.07) is 0. The van der Waals surface area contributed by atoms with Gasteiger partial charge in [-0.2, -0.15) is 8.42 Å². The molecular formula is H11N3O5S2. The first-order valence-electron chi connectivity index (χ1n) is 1.03. The van der Waals surface area contributed by atoms with E-state index in [9.17, 15) is 8.42 Å². The van der Waals surface area contributed by atoms with Gasteiger partial charge in [-0.3, -0.25) is 9.11 Å². The number of rotatable bonds is 2. The zero-order chi connectivity index (χ0) is 5.86. The summed E-state index contributed by atoms with van der Waals surface area (Å²) in [5.41, 5.74) is 0. The molecule has 0 aliphatic heterocycles. The molecule has 0 heterocycles. The minimum Gasteiger partial charge on any atom is -0.344 e. The van der Waals surface area contributed by atoms with E-state index in [1.807, 2.05) is 0 Å². The summed E-state index contributed by atoms with van der Waals surface area (Å²) in [5, 5.41) is 0. The van der Waals surface area contributed by atoms with Crippen LogP contribution in [0.5, 0.6) is 0 Å². The van der Waals surface area contributed by atoms with Gasteiger partial charge < -0.3 is 18.5 Å². The lowest BCUT2D eigenvalue weighted by Crippen LogP contribution is -1.96. The molecule has 0 bridgehead atoms. The van der Waals surface area contributed by atoms with Crippen LogP contribution in [0.15, 0.2) is 0 Å². The molecule has 0 aromatic carbocycles. The third kappa shape index (κ3) is 24.4. The van der Waals surface area contributed by atoms with Crippen LogP contribution < -0.4 is 18.5 Å². The molecule has 8 nitrogen and oxygen atoms in total. The van der Waals surface area contributed by atoms with Crippen LogP contribution in [0.4, 0.5) is 0 Å². The quantitative estimate of drug-likeness (QED) is 0.374. The third-order valence-corrected chi connectivity index (χ3v) is 1.05. The normalized spacial score (nSPS) is 13.0. The fraction of sp³-hybridized carbons (Fsp3) is 0. The Labute approximate surface area is 63.1 Å². The third-order valence-electron chi connectivity index (χ3n) is 0.116. The summed E-state index contributed by atoms with van der Waals surface area (Å²) in [5.74, 6) is 0. The van der Waals surface area contributed by atoms with Crippen molar-refractivity contribution in [2.45, 2.75) is 0 Å². The lowest BCUT2D eigenvalue weighted by Gasteiger charge is -1.82. The lowest BCUT2D eigenvalue weighted by molar-refractivity contribution is 0.427. The first kappa shape index (κ1) is 22.5. The molecule has 0 radical (unpaired) electrons. The lowest BCUT2D eigenvalue weighted by atomic mass is 14.0. The van der Waals surface area contributed by atoms with Crippen LogP contribution in [-0.4, -0.2) is 17.5 Å². The monoisotopic (exact) mass is 197 g/mol. The van der Waals surface area contributed by atoms with Gasteiger partial charge in [0.15, 0.2) is 0 Å². The first-order chi connectivity index (χ1) is 3.13. The van der Waals surface area contributed by atoms with Crippen molar-refractivity contribution in [3.63, 3.8) is 0 Å². The van der Waals surface area contributed by atoms with E-state index in [0.717, 1.165) is 0 Å². The maximum Gasteiger partial charge on any atom is 0.317 e. The van der Waals surface area contributed by atoms with Crippen LogP contribution in [-0.2, 0) is 26.4 Å². The van der Waals surface area contributed by atoms with Crippen LogP contribution in [0, 0.1) is 0 Å². The van der Waals surface area contributed by atoms with E-state index in [0.29, 0.717) is 0 Å². The highest BCUT2D eigenvalue weighted by Gasteiger charge is 1.95. The van der Waals surface area contributed by atoms with Gasteiger partial charge >= 0.3 is 22.7 Å². The van der Waals surface area contributed by atoms with Gasteiger partial charge in [-0.1, -0.05) is 0 Å². The van der Waals surface area contributed by atoms with Gasteiger partial charge in [0.1, 0.15) is 0 Å². The molecule has 68 valence electrons. The minimum atomic E-state index is -2.65. The molecule has 0 atom stereocenters. The largest absolute Gasteiger partial charge is 0.344 e. The Morgan fingerprint density at radius 1 is 0.900 bits per heavy atom. The molecule has 0 aromatic rings. The fourth-order valence-corrected chi connectivity index (χ4v) is 0.448. The van der Waals surface area contributed by atoms with Crippen molar-refractivity contribution in [2.24, 2.45) is 0 Å². The highest BCUT2D eigenvalue weighted by molar-refractivity contribution is 7.87. The van der Waals surface area contributed by atoms with E-state index in [1.165, 1.54) is 0 Å². The predicted octanol–water partition coefficient (Wildman–Crippen LogP) is -0.238. The SMILES string of the molecule is N.N.N.O=S(O)OS(=O)O.